The SMILES string of the molecule is OCCN1CCN(CCc2c(F)cccc2Cl)CC1. The first-order valence-electron chi connectivity index (χ1n) is 6.69. The maximum absolute atomic E-state index is 13.6. The standard InChI is InChI=1S/C14H20ClFN2O/c15-13-2-1-3-14(16)12(13)4-5-17-6-8-18(9-7-17)10-11-19/h1-3,19H,4-11H2. The Hall–Kier alpha value is -0.680. The lowest BCUT2D eigenvalue weighted by atomic mass is 10.1. The quantitative estimate of drug-likeness (QED) is 0.891. The van der Waals surface area contributed by atoms with Gasteiger partial charge in [0.25, 0.3) is 0 Å². The van der Waals surface area contributed by atoms with Crippen molar-refractivity contribution in [1.82, 2.24) is 9.80 Å². The molecule has 1 aromatic rings. The molecular weight excluding hydrogens is 267 g/mol. The maximum atomic E-state index is 13.6. The lowest BCUT2D eigenvalue weighted by molar-refractivity contribution is 0.113. The van der Waals surface area contributed by atoms with Crippen LogP contribution in [0, 0.1) is 5.82 Å². The van der Waals surface area contributed by atoms with Crippen LogP contribution in [0.4, 0.5) is 4.39 Å². The molecule has 0 unspecified atom stereocenters. The number of hydrogen-bond donors (Lipinski definition) is 1. The van der Waals surface area contributed by atoms with Gasteiger partial charge in [0.2, 0.25) is 0 Å². The highest BCUT2D eigenvalue weighted by molar-refractivity contribution is 6.31. The molecule has 1 aromatic carbocycles. The van der Waals surface area contributed by atoms with E-state index in [1.807, 2.05) is 0 Å². The van der Waals surface area contributed by atoms with E-state index in [9.17, 15) is 4.39 Å². The predicted molar refractivity (Wildman–Crippen MR) is 75.1 cm³/mol. The largest absolute Gasteiger partial charge is 0.395 e. The summed E-state index contributed by atoms with van der Waals surface area (Å²) in [6, 6.07) is 4.83. The summed E-state index contributed by atoms with van der Waals surface area (Å²) in [7, 11) is 0. The smallest absolute Gasteiger partial charge is 0.127 e. The fourth-order valence-corrected chi connectivity index (χ4v) is 2.68. The molecule has 1 saturated heterocycles. The Morgan fingerprint density at radius 3 is 2.32 bits per heavy atom. The first-order chi connectivity index (χ1) is 9.20. The lowest BCUT2D eigenvalue weighted by Crippen LogP contribution is -2.47. The molecule has 1 aliphatic rings. The Labute approximate surface area is 118 Å². The van der Waals surface area contributed by atoms with Crippen molar-refractivity contribution in [3.05, 3.63) is 34.6 Å². The highest BCUT2D eigenvalue weighted by Crippen LogP contribution is 2.19. The van der Waals surface area contributed by atoms with E-state index in [2.05, 4.69) is 9.80 Å². The number of β-amino-alcohol motifs (C(OH)–C–C–N with tert-alkyl or cyclic N) is 1. The molecule has 5 heteroatoms. The molecule has 1 aliphatic heterocycles. The van der Waals surface area contributed by atoms with Crippen molar-refractivity contribution in [2.24, 2.45) is 0 Å². The summed E-state index contributed by atoms with van der Waals surface area (Å²) in [6.45, 7) is 5.64. The number of rotatable bonds is 5. The molecule has 3 nitrogen and oxygen atoms in total. The van der Waals surface area contributed by atoms with Crippen LogP contribution >= 0.6 is 11.6 Å². The van der Waals surface area contributed by atoms with Gasteiger partial charge in [0.05, 0.1) is 6.61 Å². The van der Waals surface area contributed by atoms with Crippen molar-refractivity contribution in [3.63, 3.8) is 0 Å². The summed E-state index contributed by atoms with van der Waals surface area (Å²) < 4.78 is 13.6. The van der Waals surface area contributed by atoms with Crippen LogP contribution in [-0.2, 0) is 6.42 Å². The normalized spacial score (nSPS) is 17.8. The zero-order valence-electron chi connectivity index (χ0n) is 11.0. The van der Waals surface area contributed by atoms with Crippen LogP contribution in [0.1, 0.15) is 5.56 Å². The fraction of sp³-hybridized carbons (Fsp3) is 0.571. The molecule has 0 bridgehead atoms. The van der Waals surface area contributed by atoms with Crippen LogP contribution in [0.15, 0.2) is 18.2 Å². The van der Waals surface area contributed by atoms with Crippen LogP contribution < -0.4 is 0 Å². The Kier molecular flexibility index (Phi) is 5.58. The predicted octanol–water partition coefficient (Wildman–Crippen LogP) is 1.63. The summed E-state index contributed by atoms with van der Waals surface area (Å²) in [5.74, 6) is -0.216. The van der Waals surface area contributed by atoms with Gasteiger partial charge in [0, 0.05) is 49.9 Å². The molecule has 0 saturated carbocycles. The minimum atomic E-state index is -0.216. The number of piperazine rings is 1. The van der Waals surface area contributed by atoms with Crippen molar-refractivity contribution in [1.29, 1.82) is 0 Å². The lowest BCUT2D eigenvalue weighted by Gasteiger charge is -2.34. The van der Waals surface area contributed by atoms with Gasteiger partial charge < -0.3 is 10.0 Å². The molecule has 1 N–H and O–H groups in total. The number of hydrogen-bond acceptors (Lipinski definition) is 3. The third kappa shape index (κ3) is 4.14. The molecule has 19 heavy (non-hydrogen) atoms. The van der Waals surface area contributed by atoms with Gasteiger partial charge in [-0.1, -0.05) is 17.7 Å². The van der Waals surface area contributed by atoms with E-state index in [4.69, 9.17) is 16.7 Å². The van der Waals surface area contributed by atoms with Gasteiger partial charge in [-0.3, -0.25) is 4.90 Å². The topological polar surface area (TPSA) is 26.7 Å². The maximum Gasteiger partial charge on any atom is 0.127 e. The molecule has 0 aliphatic carbocycles. The minimum Gasteiger partial charge on any atom is -0.395 e. The summed E-state index contributed by atoms with van der Waals surface area (Å²) >= 11 is 6.02. The Morgan fingerprint density at radius 2 is 1.74 bits per heavy atom. The summed E-state index contributed by atoms with van der Waals surface area (Å²) in [5.41, 5.74) is 0.613. The van der Waals surface area contributed by atoms with Gasteiger partial charge in [-0.25, -0.2) is 4.39 Å². The molecule has 0 radical (unpaired) electrons. The van der Waals surface area contributed by atoms with Crippen molar-refractivity contribution in [3.8, 4) is 0 Å². The molecule has 0 atom stereocenters. The summed E-state index contributed by atoms with van der Waals surface area (Å²) in [5, 5.41) is 9.40. The first-order valence-corrected chi connectivity index (χ1v) is 7.07. The van der Waals surface area contributed by atoms with Crippen LogP contribution in [0.5, 0.6) is 0 Å². The van der Waals surface area contributed by atoms with Crippen LogP contribution in [0.25, 0.3) is 0 Å². The van der Waals surface area contributed by atoms with Gasteiger partial charge >= 0.3 is 0 Å². The molecule has 2 rings (SSSR count). The number of aliphatic hydroxyl groups is 1. The van der Waals surface area contributed by atoms with E-state index in [0.717, 1.165) is 39.3 Å². The van der Waals surface area contributed by atoms with E-state index < -0.39 is 0 Å². The third-order valence-corrected chi connectivity index (χ3v) is 3.97. The van der Waals surface area contributed by atoms with Crippen molar-refractivity contribution >= 4 is 11.6 Å². The van der Waals surface area contributed by atoms with Gasteiger partial charge in [0.15, 0.2) is 0 Å². The zero-order chi connectivity index (χ0) is 13.7. The average molecular weight is 287 g/mol. The number of halogens is 2. The number of benzene rings is 1. The Balaban J connectivity index is 1.81. The monoisotopic (exact) mass is 286 g/mol. The van der Waals surface area contributed by atoms with Crippen LogP contribution in [0.3, 0.4) is 0 Å². The molecule has 0 spiro atoms. The van der Waals surface area contributed by atoms with Crippen LogP contribution in [-0.4, -0.2) is 60.8 Å². The molecule has 0 amide bonds. The van der Waals surface area contributed by atoms with E-state index >= 15 is 0 Å². The highest BCUT2D eigenvalue weighted by Gasteiger charge is 2.17. The van der Waals surface area contributed by atoms with Gasteiger partial charge in [0.1, 0.15) is 5.82 Å². The number of aliphatic hydroxyl groups excluding tert-OH is 1. The Bertz CT molecular complexity index is 388. The van der Waals surface area contributed by atoms with Gasteiger partial charge in [-0.2, -0.15) is 0 Å². The summed E-state index contributed by atoms with van der Waals surface area (Å²) in [4.78, 5) is 4.56. The van der Waals surface area contributed by atoms with Gasteiger partial charge in [-0.05, 0) is 18.6 Å². The zero-order valence-corrected chi connectivity index (χ0v) is 11.7. The highest BCUT2D eigenvalue weighted by atomic mass is 35.5. The van der Waals surface area contributed by atoms with E-state index in [0.29, 0.717) is 17.0 Å². The molecule has 1 heterocycles. The van der Waals surface area contributed by atoms with Crippen molar-refractivity contribution < 1.29 is 9.50 Å². The number of nitrogens with zero attached hydrogens (tertiary/aromatic N) is 2. The van der Waals surface area contributed by atoms with E-state index in [1.54, 1.807) is 12.1 Å². The Morgan fingerprint density at radius 1 is 1.11 bits per heavy atom. The minimum absolute atomic E-state index is 0.213. The second-order valence-corrected chi connectivity index (χ2v) is 5.26. The average Bonchev–Trinajstić information content (AvgIpc) is 2.40. The summed E-state index contributed by atoms with van der Waals surface area (Å²) in [6.07, 6.45) is 0.644. The second-order valence-electron chi connectivity index (χ2n) is 4.86. The van der Waals surface area contributed by atoms with Crippen LogP contribution in [0.2, 0.25) is 5.02 Å². The fourth-order valence-electron chi connectivity index (χ4n) is 2.42. The molecule has 0 aromatic heterocycles. The first kappa shape index (κ1) is 14.7. The van der Waals surface area contributed by atoms with Crippen molar-refractivity contribution in [2.45, 2.75) is 6.42 Å². The second kappa shape index (κ2) is 7.20. The molecule has 106 valence electrons. The van der Waals surface area contributed by atoms with E-state index in [1.165, 1.54) is 6.07 Å². The van der Waals surface area contributed by atoms with Crippen molar-refractivity contribution in [2.75, 3.05) is 45.9 Å². The third-order valence-electron chi connectivity index (χ3n) is 3.62. The molecular formula is C14H20ClFN2O. The van der Waals surface area contributed by atoms with Gasteiger partial charge in [-0.15, -0.1) is 0 Å². The van der Waals surface area contributed by atoms with E-state index in [-0.39, 0.29) is 12.4 Å². The molecule has 1 fully saturated rings.